The quantitative estimate of drug-likeness (QED) is 0.0254. The first-order chi connectivity index (χ1) is 24.9. The lowest BCUT2D eigenvalue weighted by Gasteiger charge is -2.13. The number of benzene rings is 5. The average molecular weight is 721 g/mol. The first-order valence-electron chi connectivity index (χ1n) is 16.6. The Morgan fingerprint density at radius 3 is 2.33 bits per heavy atom. The molecule has 6 rings (SSSR count). The fraction of sp³-hybridized carbons (Fsp3) is 0.154. The molecule has 5 aromatic carbocycles. The Hall–Kier alpha value is -5.11. The molecule has 6 aromatic rings. The van der Waals surface area contributed by atoms with E-state index in [-0.39, 0.29) is 4.90 Å². The summed E-state index contributed by atoms with van der Waals surface area (Å²) in [5, 5.41) is 10.7. The van der Waals surface area contributed by atoms with Crippen LogP contribution >= 0.6 is 12.0 Å². The number of para-hydroxylation sites is 1. The van der Waals surface area contributed by atoms with Crippen LogP contribution < -0.4 is 19.9 Å². The van der Waals surface area contributed by atoms with E-state index in [2.05, 4.69) is 21.7 Å². The van der Waals surface area contributed by atoms with Crippen molar-refractivity contribution in [2.75, 3.05) is 4.72 Å². The van der Waals surface area contributed by atoms with E-state index in [0.717, 1.165) is 47.9 Å². The number of hydrogen-bond acceptors (Lipinski definition) is 9. The van der Waals surface area contributed by atoms with Crippen LogP contribution in [0.3, 0.4) is 0 Å². The van der Waals surface area contributed by atoms with Crippen molar-refractivity contribution in [1.82, 2.24) is 0 Å². The molecule has 260 valence electrons. The number of unbranched alkanes of at least 4 members (excludes halogenated alkanes) is 3. The molecule has 0 bridgehead atoms. The molecule has 12 heteroatoms. The second-order valence-electron chi connectivity index (χ2n) is 11.7. The van der Waals surface area contributed by atoms with Crippen LogP contribution in [0.2, 0.25) is 0 Å². The summed E-state index contributed by atoms with van der Waals surface area (Å²) in [7, 11) is -3.90. The number of aromatic nitrogens is 1. The summed E-state index contributed by atoms with van der Waals surface area (Å²) in [6, 6.07) is 36.8. The highest BCUT2D eigenvalue weighted by atomic mass is 32.2. The topological polar surface area (TPSA) is 128 Å². The van der Waals surface area contributed by atoms with E-state index in [4.69, 9.17) is 20.1 Å². The fourth-order valence-electron chi connectivity index (χ4n) is 5.56. The van der Waals surface area contributed by atoms with Gasteiger partial charge in [-0.15, -0.1) is 19.6 Å². The van der Waals surface area contributed by atoms with Crippen LogP contribution in [-0.4, -0.2) is 8.42 Å². The third-order valence-electron chi connectivity index (χ3n) is 8.12. The van der Waals surface area contributed by atoms with Gasteiger partial charge in [0.1, 0.15) is 11.4 Å². The molecule has 0 aliphatic rings. The van der Waals surface area contributed by atoms with E-state index in [0.29, 0.717) is 38.8 Å². The molecular weight excluding hydrogens is 683 g/mol. The van der Waals surface area contributed by atoms with Crippen molar-refractivity contribution < 1.29 is 27.0 Å². The molecule has 0 aliphatic heterocycles. The van der Waals surface area contributed by atoms with Crippen LogP contribution in [0.1, 0.15) is 38.2 Å². The van der Waals surface area contributed by atoms with Crippen molar-refractivity contribution in [2.45, 2.75) is 48.8 Å². The van der Waals surface area contributed by atoms with Crippen LogP contribution in [0.25, 0.3) is 16.5 Å². The Kier molecular flexibility index (Phi) is 12.0. The Labute approximate surface area is 302 Å². The van der Waals surface area contributed by atoms with Gasteiger partial charge in [-0.2, -0.15) is 10.5 Å². The second-order valence-corrected chi connectivity index (χ2v) is 14.1. The highest BCUT2D eigenvalue weighted by molar-refractivity contribution is 7.94. The molecule has 0 spiro atoms. The van der Waals surface area contributed by atoms with Gasteiger partial charge in [0.15, 0.2) is 23.8 Å². The predicted molar refractivity (Wildman–Crippen MR) is 200 cm³/mol. The lowest BCUT2D eigenvalue weighted by Crippen LogP contribution is -2.29. The van der Waals surface area contributed by atoms with Crippen molar-refractivity contribution in [1.29, 1.82) is 0 Å². The van der Waals surface area contributed by atoms with Gasteiger partial charge in [0.25, 0.3) is 10.0 Å². The van der Waals surface area contributed by atoms with Crippen LogP contribution in [0.5, 0.6) is 11.5 Å². The molecule has 1 aromatic heterocycles. The van der Waals surface area contributed by atoms with Crippen molar-refractivity contribution in [3.63, 3.8) is 0 Å². The number of anilines is 1. The molecular formula is C39H38N5O5S2+. The lowest BCUT2D eigenvalue weighted by molar-refractivity contribution is -0.595. The van der Waals surface area contributed by atoms with E-state index in [1.54, 1.807) is 36.4 Å². The van der Waals surface area contributed by atoms with Gasteiger partial charge in [0.2, 0.25) is 5.69 Å². The van der Waals surface area contributed by atoms with Gasteiger partial charge >= 0.3 is 0 Å². The Bertz CT molecular complexity index is 2200. The minimum atomic E-state index is -3.90. The number of ether oxygens (including phenoxy) is 1. The zero-order valence-corrected chi connectivity index (χ0v) is 29.6. The Morgan fingerprint density at radius 2 is 1.57 bits per heavy atom. The maximum atomic E-state index is 13.6. The third-order valence-corrected chi connectivity index (χ3v) is 10.2. The maximum absolute atomic E-state index is 13.6. The number of azo groups is 1. The van der Waals surface area contributed by atoms with Gasteiger partial charge in [-0.25, -0.2) is 8.42 Å². The molecule has 0 fully saturated rings. The summed E-state index contributed by atoms with van der Waals surface area (Å²) in [6.45, 7) is 2.18. The van der Waals surface area contributed by atoms with Gasteiger partial charge in [-0.05, 0) is 72.3 Å². The Morgan fingerprint density at radius 1 is 0.804 bits per heavy atom. The predicted octanol–water partition coefficient (Wildman–Crippen LogP) is 10.1. The highest BCUT2D eigenvalue weighted by Crippen LogP contribution is 2.41. The standard InChI is InChI=1S/C39H38N5O5S2/c1-2-3-4-7-14-29-21-23-32(24-22-29)51(45,46)43-34-18-12-15-30-27-38(50-49-48-40)35(28-33(30)34)41-42-39-36(44-25-10-6-11-26-44)19-13-20-37(39)47-31-16-8-5-9-17-31/h5-6,8-13,15-28,43H,2-4,7,14,40H2,1H3/q+1. The van der Waals surface area contributed by atoms with Gasteiger partial charge < -0.3 is 4.74 Å². The summed E-state index contributed by atoms with van der Waals surface area (Å²) in [6.07, 6.45) is 9.34. The minimum Gasteiger partial charge on any atom is -0.455 e. The number of rotatable bonds is 16. The number of nitrogens with one attached hydrogen (secondary N) is 1. The van der Waals surface area contributed by atoms with Gasteiger partial charge in [-0.1, -0.05) is 80.8 Å². The van der Waals surface area contributed by atoms with Gasteiger partial charge in [0.05, 0.1) is 27.5 Å². The van der Waals surface area contributed by atoms with Crippen LogP contribution in [0.4, 0.5) is 17.1 Å². The zero-order chi connectivity index (χ0) is 35.5. The SMILES string of the molecule is CCCCCCc1ccc(S(=O)(=O)Nc2cccc3cc(SOON)c(N=Nc4c(Oc5ccccc5)cccc4-[n+]4ccccc4)cc23)cc1. The maximum Gasteiger partial charge on any atom is 0.261 e. The number of hydrogen-bond donors (Lipinski definition) is 2. The number of sulfonamides is 1. The van der Waals surface area contributed by atoms with Gasteiger partial charge in [-0.3, -0.25) is 4.72 Å². The van der Waals surface area contributed by atoms with E-state index < -0.39 is 10.0 Å². The molecule has 0 unspecified atom stereocenters. The smallest absolute Gasteiger partial charge is 0.261 e. The monoisotopic (exact) mass is 720 g/mol. The first kappa shape index (κ1) is 35.7. The summed E-state index contributed by atoms with van der Waals surface area (Å²) < 4.78 is 43.2. The summed E-state index contributed by atoms with van der Waals surface area (Å²) in [5.74, 6) is 6.30. The van der Waals surface area contributed by atoms with Crippen molar-refractivity contribution in [3.8, 4) is 17.2 Å². The molecule has 0 saturated carbocycles. The van der Waals surface area contributed by atoms with Gasteiger partial charge in [0, 0.05) is 23.6 Å². The summed E-state index contributed by atoms with van der Waals surface area (Å²) in [5.41, 5.74) is 3.07. The molecule has 10 nitrogen and oxygen atoms in total. The summed E-state index contributed by atoms with van der Waals surface area (Å²) in [4.78, 5) is 5.10. The van der Waals surface area contributed by atoms with Crippen LogP contribution in [0.15, 0.2) is 154 Å². The largest absolute Gasteiger partial charge is 0.455 e. The number of pyridine rings is 1. The highest BCUT2D eigenvalue weighted by Gasteiger charge is 2.20. The summed E-state index contributed by atoms with van der Waals surface area (Å²) >= 11 is 0.854. The van der Waals surface area contributed by atoms with Crippen LogP contribution in [0, 0.1) is 0 Å². The van der Waals surface area contributed by atoms with Crippen molar-refractivity contribution in [2.24, 2.45) is 16.1 Å². The molecule has 51 heavy (non-hydrogen) atoms. The normalized spacial score (nSPS) is 11.6. The fourth-order valence-corrected chi connectivity index (χ4v) is 7.11. The zero-order valence-electron chi connectivity index (χ0n) is 28.0. The molecule has 3 N–H and O–H groups in total. The van der Waals surface area contributed by atoms with E-state index in [1.807, 2.05) is 102 Å². The van der Waals surface area contributed by atoms with E-state index in [9.17, 15) is 8.42 Å². The third kappa shape index (κ3) is 9.17. The van der Waals surface area contributed by atoms with Crippen molar-refractivity contribution in [3.05, 3.63) is 139 Å². The molecule has 0 radical (unpaired) electrons. The molecule has 1 heterocycles. The average Bonchev–Trinajstić information content (AvgIpc) is 3.16. The lowest BCUT2D eigenvalue weighted by atomic mass is 10.1. The molecule has 0 atom stereocenters. The van der Waals surface area contributed by atoms with Crippen LogP contribution in [-0.2, 0) is 25.8 Å². The number of nitrogens with two attached hydrogens (primary N) is 1. The van der Waals surface area contributed by atoms with E-state index in [1.165, 1.54) is 12.8 Å². The molecule has 0 aliphatic carbocycles. The van der Waals surface area contributed by atoms with Crippen molar-refractivity contribution >= 4 is 49.9 Å². The molecule has 0 saturated heterocycles. The number of fused-ring (bicyclic) bond motifs is 1. The Balaban J connectivity index is 1.37. The second kappa shape index (κ2) is 17.2. The number of aryl methyl sites for hydroxylation is 1. The van der Waals surface area contributed by atoms with E-state index >= 15 is 0 Å². The minimum absolute atomic E-state index is 0.179. The first-order valence-corrected chi connectivity index (χ1v) is 18.8. The molecule has 0 amide bonds. The number of nitrogens with zero attached hydrogens (tertiary/aromatic N) is 3.